The Hall–Kier alpha value is -3.01. The predicted octanol–water partition coefficient (Wildman–Crippen LogP) is 3.93. The molecule has 1 N–H and O–H groups in total. The summed E-state index contributed by atoms with van der Waals surface area (Å²) in [6, 6.07) is 16.1. The second-order valence-electron chi connectivity index (χ2n) is 7.00. The summed E-state index contributed by atoms with van der Waals surface area (Å²) in [6.07, 6.45) is 6.72. The van der Waals surface area contributed by atoms with Crippen LogP contribution in [-0.2, 0) is 10.2 Å². The molecule has 1 aliphatic heterocycles. The minimum absolute atomic E-state index is 0.0744. The summed E-state index contributed by atoms with van der Waals surface area (Å²) in [7, 11) is 0. The third-order valence-corrected chi connectivity index (χ3v) is 5.36. The van der Waals surface area contributed by atoms with E-state index in [9.17, 15) is 4.79 Å². The van der Waals surface area contributed by atoms with E-state index >= 15 is 0 Å². The van der Waals surface area contributed by atoms with Crippen LogP contribution in [0.25, 0.3) is 5.57 Å². The van der Waals surface area contributed by atoms with E-state index < -0.39 is 5.41 Å². The van der Waals surface area contributed by atoms with E-state index in [0.29, 0.717) is 0 Å². The number of ether oxygens (including phenoxy) is 2. The number of carbonyl (C=O) groups excluding carboxylic acids is 1. The largest absolute Gasteiger partial charge is 0.454 e. The van der Waals surface area contributed by atoms with Gasteiger partial charge in [0.15, 0.2) is 11.5 Å². The zero-order valence-electron chi connectivity index (χ0n) is 14.3. The molecule has 1 fully saturated rings. The van der Waals surface area contributed by atoms with Crippen molar-refractivity contribution in [2.75, 3.05) is 6.79 Å². The van der Waals surface area contributed by atoms with Crippen LogP contribution in [0.4, 0.5) is 0 Å². The molecule has 26 heavy (non-hydrogen) atoms. The molecule has 1 heterocycles. The maximum atomic E-state index is 13.0. The molecule has 0 bridgehead atoms. The van der Waals surface area contributed by atoms with Gasteiger partial charge in [-0.1, -0.05) is 42.5 Å². The molecule has 2 aliphatic carbocycles. The van der Waals surface area contributed by atoms with E-state index in [1.807, 2.05) is 36.4 Å². The lowest BCUT2D eigenvalue weighted by atomic mass is 9.94. The number of hydrogen-bond donors (Lipinski definition) is 1. The molecule has 130 valence electrons. The zero-order valence-corrected chi connectivity index (χ0v) is 14.3. The van der Waals surface area contributed by atoms with Crippen LogP contribution >= 0.6 is 0 Å². The molecular formula is C22H19NO3. The number of allylic oxidation sites excluding steroid dienone is 3. The number of hydrogen-bond acceptors (Lipinski definition) is 3. The Balaban J connectivity index is 1.33. The van der Waals surface area contributed by atoms with E-state index in [-0.39, 0.29) is 12.7 Å². The zero-order chi connectivity index (χ0) is 17.6. The summed E-state index contributed by atoms with van der Waals surface area (Å²) in [5.41, 5.74) is 3.87. The average Bonchev–Trinajstić information content (AvgIpc) is 3.13. The summed E-state index contributed by atoms with van der Waals surface area (Å²) >= 11 is 0. The van der Waals surface area contributed by atoms with E-state index in [4.69, 9.17) is 9.47 Å². The molecule has 4 nitrogen and oxygen atoms in total. The molecule has 3 aliphatic rings. The molecule has 1 amide bonds. The Bertz CT molecular complexity index is 939. The second-order valence-corrected chi connectivity index (χ2v) is 7.00. The molecule has 0 spiro atoms. The standard InChI is InChI=1S/C22H19NO3/c24-21(23-18-8-6-16(12-18)15-4-2-1-3-5-15)22(10-11-22)17-7-9-19-20(13-17)26-14-25-19/h1-7,9,12-13H,8,10-11,14H2,(H,23,24). The van der Waals surface area contributed by atoms with Gasteiger partial charge >= 0.3 is 0 Å². The first-order valence-electron chi connectivity index (χ1n) is 8.92. The van der Waals surface area contributed by atoms with Crippen molar-refractivity contribution in [1.29, 1.82) is 0 Å². The van der Waals surface area contributed by atoms with Crippen LogP contribution < -0.4 is 14.8 Å². The third-order valence-electron chi connectivity index (χ3n) is 5.36. The summed E-state index contributed by atoms with van der Waals surface area (Å²) < 4.78 is 10.8. The predicted molar refractivity (Wildman–Crippen MR) is 98.7 cm³/mol. The average molecular weight is 345 g/mol. The number of fused-ring (bicyclic) bond motifs is 1. The number of amides is 1. The van der Waals surface area contributed by atoms with Crippen molar-refractivity contribution >= 4 is 11.5 Å². The van der Waals surface area contributed by atoms with Crippen LogP contribution in [0.2, 0.25) is 0 Å². The fourth-order valence-corrected chi connectivity index (χ4v) is 3.68. The smallest absolute Gasteiger partial charge is 0.234 e. The fraction of sp³-hybridized carbons (Fsp3) is 0.227. The summed E-state index contributed by atoms with van der Waals surface area (Å²) in [5.74, 6) is 1.56. The van der Waals surface area contributed by atoms with Crippen molar-refractivity contribution in [2.24, 2.45) is 0 Å². The van der Waals surface area contributed by atoms with E-state index in [1.165, 1.54) is 5.56 Å². The van der Waals surface area contributed by atoms with E-state index in [2.05, 4.69) is 29.6 Å². The van der Waals surface area contributed by atoms with Gasteiger partial charge in [0.1, 0.15) is 0 Å². The highest BCUT2D eigenvalue weighted by molar-refractivity contribution is 5.93. The highest BCUT2D eigenvalue weighted by atomic mass is 16.7. The van der Waals surface area contributed by atoms with Crippen molar-refractivity contribution < 1.29 is 14.3 Å². The normalized spacial score (nSPS) is 18.9. The molecule has 0 atom stereocenters. The molecular weight excluding hydrogens is 326 g/mol. The Labute approximate surface area is 152 Å². The van der Waals surface area contributed by atoms with Crippen molar-refractivity contribution in [3.05, 3.63) is 77.5 Å². The lowest BCUT2D eigenvalue weighted by Gasteiger charge is -2.16. The first-order valence-corrected chi connectivity index (χ1v) is 8.92. The monoisotopic (exact) mass is 345 g/mol. The molecule has 2 aromatic carbocycles. The maximum Gasteiger partial charge on any atom is 0.234 e. The fourth-order valence-electron chi connectivity index (χ4n) is 3.68. The lowest BCUT2D eigenvalue weighted by molar-refractivity contribution is -0.122. The van der Waals surface area contributed by atoms with Crippen LogP contribution in [0.1, 0.15) is 30.4 Å². The van der Waals surface area contributed by atoms with E-state index in [0.717, 1.165) is 47.6 Å². The Morgan fingerprint density at radius 2 is 1.81 bits per heavy atom. The van der Waals surface area contributed by atoms with Gasteiger partial charge in [0.05, 0.1) is 5.41 Å². The van der Waals surface area contributed by atoms with Crippen LogP contribution in [-0.4, -0.2) is 12.7 Å². The topological polar surface area (TPSA) is 47.6 Å². The molecule has 5 rings (SSSR count). The molecule has 4 heteroatoms. The van der Waals surface area contributed by atoms with Crippen LogP contribution in [0.3, 0.4) is 0 Å². The Kier molecular flexibility index (Phi) is 3.38. The van der Waals surface area contributed by atoms with Gasteiger partial charge in [-0.2, -0.15) is 0 Å². The summed E-state index contributed by atoms with van der Waals surface area (Å²) in [5, 5.41) is 3.15. The third kappa shape index (κ3) is 2.49. The van der Waals surface area contributed by atoms with Gasteiger partial charge in [-0.05, 0) is 47.8 Å². The molecule has 0 radical (unpaired) electrons. The van der Waals surface area contributed by atoms with Gasteiger partial charge in [0.2, 0.25) is 12.7 Å². The van der Waals surface area contributed by atoms with Gasteiger partial charge in [-0.15, -0.1) is 0 Å². The lowest BCUT2D eigenvalue weighted by Crippen LogP contribution is -2.33. The first kappa shape index (κ1) is 15.3. The SMILES string of the molecule is O=C(NC1=CC(c2ccccc2)=CC1)C1(c2ccc3c(c2)OCO3)CC1. The molecule has 1 saturated carbocycles. The quantitative estimate of drug-likeness (QED) is 0.913. The second kappa shape index (κ2) is 5.77. The van der Waals surface area contributed by atoms with Crippen LogP contribution in [0.5, 0.6) is 11.5 Å². The molecule has 0 saturated heterocycles. The van der Waals surface area contributed by atoms with Gasteiger partial charge in [-0.25, -0.2) is 0 Å². The molecule has 2 aromatic rings. The van der Waals surface area contributed by atoms with Crippen molar-refractivity contribution in [1.82, 2.24) is 5.32 Å². The number of benzene rings is 2. The van der Waals surface area contributed by atoms with Gasteiger partial charge < -0.3 is 14.8 Å². The maximum absolute atomic E-state index is 13.0. The van der Waals surface area contributed by atoms with E-state index in [1.54, 1.807) is 0 Å². The minimum Gasteiger partial charge on any atom is -0.454 e. The minimum atomic E-state index is -0.433. The number of rotatable bonds is 4. The number of carbonyl (C=O) groups is 1. The van der Waals surface area contributed by atoms with Gasteiger partial charge in [-0.3, -0.25) is 4.79 Å². The van der Waals surface area contributed by atoms with Gasteiger partial charge in [0, 0.05) is 12.1 Å². The Morgan fingerprint density at radius 1 is 1.00 bits per heavy atom. The van der Waals surface area contributed by atoms with Crippen molar-refractivity contribution in [3.8, 4) is 11.5 Å². The highest BCUT2D eigenvalue weighted by Gasteiger charge is 2.51. The summed E-state index contributed by atoms with van der Waals surface area (Å²) in [6.45, 7) is 0.249. The Morgan fingerprint density at radius 3 is 2.62 bits per heavy atom. The highest BCUT2D eigenvalue weighted by Crippen LogP contribution is 2.50. The van der Waals surface area contributed by atoms with Crippen molar-refractivity contribution in [3.63, 3.8) is 0 Å². The molecule has 0 unspecified atom stereocenters. The number of nitrogens with one attached hydrogen (secondary N) is 1. The van der Waals surface area contributed by atoms with Crippen molar-refractivity contribution in [2.45, 2.75) is 24.7 Å². The van der Waals surface area contributed by atoms with Crippen LogP contribution in [0, 0.1) is 0 Å². The molecule has 0 aromatic heterocycles. The van der Waals surface area contributed by atoms with Crippen LogP contribution in [0.15, 0.2) is 66.4 Å². The van der Waals surface area contributed by atoms with Gasteiger partial charge in [0.25, 0.3) is 0 Å². The first-order chi connectivity index (χ1) is 12.7. The summed E-state index contributed by atoms with van der Waals surface area (Å²) in [4.78, 5) is 13.0.